The fourth-order valence-electron chi connectivity index (χ4n) is 4.12. The maximum absolute atomic E-state index is 11.6. The molecule has 2 atom stereocenters. The van der Waals surface area contributed by atoms with Crippen LogP contribution in [0, 0.1) is 5.92 Å². The molecule has 2 unspecified atom stereocenters. The lowest BCUT2D eigenvalue weighted by Gasteiger charge is -2.37. The van der Waals surface area contributed by atoms with Gasteiger partial charge in [-0.25, -0.2) is 0 Å². The first-order chi connectivity index (χ1) is 15.6. The van der Waals surface area contributed by atoms with Crippen LogP contribution in [0.2, 0.25) is 0 Å². The minimum atomic E-state index is -0.816. The van der Waals surface area contributed by atoms with Gasteiger partial charge in [-0.05, 0) is 42.0 Å². The van der Waals surface area contributed by atoms with Crippen molar-refractivity contribution >= 4 is 17.3 Å². The molecule has 2 aromatic carbocycles. The monoisotopic (exact) mass is 431 g/mol. The lowest BCUT2D eigenvalue weighted by Crippen LogP contribution is -2.46. The van der Waals surface area contributed by atoms with E-state index >= 15 is 0 Å². The number of nitrogens with zero attached hydrogens (tertiary/aromatic N) is 3. The minimum Gasteiger partial charge on any atom is -0.493 e. The molecule has 0 aliphatic carbocycles. The van der Waals surface area contributed by atoms with Crippen LogP contribution in [0.4, 0.5) is 11.4 Å². The van der Waals surface area contributed by atoms with Crippen molar-refractivity contribution in [3.8, 4) is 5.75 Å². The van der Waals surface area contributed by atoms with E-state index in [1.165, 1.54) is 11.4 Å². The maximum Gasteiger partial charge on any atom is 0.306 e. The van der Waals surface area contributed by atoms with Crippen molar-refractivity contribution < 1.29 is 14.6 Å². The number of anilines is 2. The van der Waals surface area contributed by atoms with Gasteiger partial charge in [0.25, 0.3) is 0 Å². The molecule has 4 rings (SSSR count). The summed E-state index contributed by atoms with van der Waals surface area (Å²) in [5.41, 5.74) is 3.36. The number of hydrogen-bond donors (Lipinski definition) is 1. The summed E-state index contributed by atoms with van der Waals surface area (Å²) in [7, 11) is 0. The normalized spacial score (nSPS) is 15.8. The Balaban J connectivity index is 1.35. The second-order valence-corrected chi connectivity index (χ2v) is 8.13. The predicted octanol–water partition coefficient (Wildman–Crippen LogP) is 4.29. The molecule has 1 aliphatic heterocycles. The van der Waals surface area contributed by atoms with Gasteiger partial charge in [-0.1, -0.05) is 37.3 Å². The summed E-state index contributed by atoms with van der Waals surface area (Å²) in [6.45, 7) is 5.89. The molecular formula is C26H29N3O3. The average molecular weight is 432 g/mol. The number of carbonyl (C=O) groups is 1. The van der Waals surface area contributed by atoms with Gasteiger partial charge in [0, 0.05) is 55.9 Å². The van der Waals surface area contributed by atoms with Gasteiger partial charge in [0.1, 0.15) is 5.75 Å². The Morgan fingerprint density at radius 1 is 0.906 bits per heavy atom. The molecule has 1 fully saturated rings. The third kappa shape index (κ3) is 5.19. The zero-order valence-electron chi connectivity index (χ0n) is 18.3. The zero-order chi connectivity index (χ0) is 22.3. The van der Waals surface area contributed by atoms with Crippen molar-refractivity contribution in [2.45, 2.75) is 12.8 Å². The molecule has 3 aromatic rings. The zero-order valence-corrected chi connectivity index (χ0v) is 18.3. The number of ether oxygens (including phenoxy) is 1. The molecule has 0 bridgehead atoms. The van der Waals surface area contributed by atoms with E-state index in [2.05, 4.69) is 39.0 Å². The molecule has 32 heavy (non-hydrogen) atoms. The van der Waals surface area contributed by atoms with Crippen molar-refractivity contribution in [1.29, 1.82) is 0 Å². The van der Waals surface area contributed by atoms with Gasteiger partial charge in [0.2, 0.25) is 0 Å². The van der Waals surface area contributed by atoms with Crippen molar-refractivity contribution in [3.05, 3.63) is 84.7 Å². The summed E-state index contributed by atoms with van der Waals surface area (Å²) in [6.07, 6.45) is 3.67. The minimum absolute atomic E-state index is 0.213. The average Bonchev–Trinajstić information content (AvgIpc) is 2.86. The number of benzene rings is 2. The molecule has 1 aliphatic rings. The molecule has 0 radical (unpaired) electrons. The van der Waals surface area contributed by atoms with E-state index in [0.29, 0.717) is 6.61 Å². The molecule has 2 heterocycles. The van der Waals surface area contributed by atoms with Crippen LogP contribution in [0.1, 0.15) is 18.4 Å². The molecule has 1 N–H and O–H groups in total. The van der Waals surface area contributed by atoms with Crippen LogP contribution in [0.15, 0.2) is 79.1 Å². The number of pyridine rings is 1. The molecule has 1 aromatic heterocycles. The fraction of sp³-hybridized carbons (Fsp3) is 0.308. The molecule has 0 spiro atoms. The first kappa shape index (κ1) is 21.7. The van der Waals surface area contributed by atoms with Crippen LogP contribution in [0.25, 0.3) is 0 Å². The molecule has 1 saturated heterocycles. The topological polar surface area (TPSA) is 65.9 Å². The third-order valence-corrected chi connectivity index (χ3v) is 6.16. The lowest BCUT2D eigenvalue weighted by molar-refractivity contribution is -0.142. The second-order valence-electron chi connectivity index (χ2n) is 8.13. The number of carboxylic acid groups (broad SMARTS) is 1. The fourth-order valence-corrected chi connectivity index (χ4v) is 4.12. The van der Waals surface area contributed by atoms with E-state index in [1.54, 1.807) is 6.92 Å². The Hall–Kier alpha value is -3.54. The number of aliphatic carboxylic acids is 1. The highest BCUT2D eigenvalue weighted by Crippen LogP contribution is 2.28. The number of piperazine rings is 1. The maximum atomic E-state index is 11.6. The molecule has 0 saturated carbocycles. The summed E-state index contributed by atoms with van der Waals surface area (Å²) in [4.78, 5) is 20.4. The van der Waals surface area contributed by atoms with E-state index < -0.39 is 11.9 Å². The SMILES string of the molecule is CC(C(=O)O)C(COc1ccc(N2CCN(c3ccncc3)CC2)cc1)c1ccccc1. The van der Waals surface area contributed by atoms with Gasteiger partial charge in [0.15, 0.2) is 0 Å². The molecule has 0 amide bonds. The van der Waals surface area contributed by atoms with E-state index in [0.717, 1.165) is 37.5 Å². The van der Waals surface area contributed by atoms with E-state index in [-0.39, 0.29) is 5.92 Å². The summed E-state index contributed by atoms with van der Waals surface area (Å²) >= 11 is 0. The van der Waals surface area contributed by atoms with Gasteiger partial charge in [-0.3, -0.25) is 9.78 Å². The van der Waals surface area contributed by atoms with Gasteiger partial charge in [-0.2, -0.15) is 0 Å². The highest BCUT2D eigenvalue weighted by molar-refractivity contribution is 5.71. The summed E-state index contributed by atoms with van der Waals surface area (Å²) in [6, 6.07) is 21.9. The van der Waals surface area contributed by atoms with Crippen molar-refractivity contribution in [2.24, 2.45) is 5.92 Å². The van der Waals surface area contributed by atoms with Gasteiger partial charge in [-0.15, -0.1) is 0 Å². The van der Waals surface area contributed by atoms with Gasteiger partial charge in [0.05, 0.1) is 12.5 Å². The Morgan fingerprint density at radius 2 is 1.47 bits per heavy atom. The van der Waals surface area contributed by atoms with E-state index in [1.807, 2.05) is 54.9 Å². The Labute approximate surface area is 189 Å². The summed E-state index contributed by atoms with van der Waals surface area (Å²) in [5, 5.41) is 9.52. The van der Waals surface area contributed by atoms with Crippen molar-refractivity contribution in [2.75, 3.05) is 42.6 Å². The Bertz CT molecular complexity index is 988. The highest BCUT2D eigenvalue weighted by atomic mass is 16.5. The largest absolute Gasteiger partial charge is 0.493 e. The summed E-state index contributed by atoms with van der Waals surface area (Å²) in [5.74, 6) is -0.811. The van der Waals surface area contributed by atoms with Gasteiger partial charge >= 0.3 is 5.97 Å². The standard InChI is InChI=1S/C26H29N3O3/c1-20(26(30)31)25(21-5-3-2-4-6-21)19-32-24-9-7-22(8-10-24)28-15-17-29(18-16-28)23-11-13-27-14-12-23/h2-14,20,25H,15-19H2,1H3,(H,30,31). The molecule has 6 nitrogen and oxygen atoms in total. The first-order valence-corrected chi connectivity index (χ1v) is 11.0. The van der Waals surface area contributed by atoms with Crippen LogP contribution in [-0.4, -0.2) is 48.8 Å². The van der Waals surface area contributed by atoms with Crippen LogP contribution < -0.4 is 14.5 Å². The first-order valence-electron chi connectivity index (χ1n) is 11.0. The third-order valence-electron chi connectivity index (χ3n) is 6.16. The van der Waals surface area contributed by atoms with Crippen LogP contribution >= 0.6 is 0 Å². The number of aromatic nitrogens is 1. The number of carboxylic acids is 1. The number of rotatable bonds is 8. The molecule has 6 heteroatoms. The molecular weight excluding hydrogens is 402 g/mol. The smallest absolute Gasteiger partial charge is 0.306 e. The van der Waals surface area contributed by atoms with Crippen molar-refractivity contribution in [3.63, 3.8) is 0 Å². The predicted molar refractivity (Wildman–Crippen MR) is 127 cm³/mol. The number of hydrogen-bond acceptors (Lipinski definition) is 5. The summed E-state index contributed by atoms with van der Waals surface area (Å²) < 4.78 is 6.02. The van der Waals surface area contributed by atoms with Crippen molar-refractivity contribution in [1.82, 2.24) is 4.98 Å². The lowest BCUT2D eigenvalue weighted by atomic mass is 9.88. The Kier molecular flexibility index (Phi) is 6.90. The van der Waals surface area contributed by atoms with Gasteiger partial charge < -0.3 is 19.6 Å². The Morgan fingerprint density at radius 3 is 2.03 bits per heavy atom. The second kappa shape index (κ2) is 10.2. The van der Waals surface area contributed by atoms with Crippen LogP contribution in [0.3, 0.4) is 0 Å². The van der Waals surface area contributed by atoms with E-state index in [9.17, 15) is 9.90 Å². The van der Waals surface area contributed by atoms with Crippen LogP contribution in [-0.2, 0) is 4.79 Å². The van der Waals surface area contributed by atoms with Crippen LogP contribution in [0.5, 0.6) is 5.75 Å². The highest BCUT2D eigenvalue weighted by Gasteiger charge is 2.26. The molecule has 166 valence electrons. The van der Waals surface area contributed by atoms with E-state index in [4.69, 9.17) is 4.74 Å². The quantitative estimate of drug-likeness (QED) is 0.574.